The molecule has 4 heteroatoms. The maximum Gasteiger partial charge on any atom is 0.0681 e. The van der Waals surface area contributed by atoms with Crippen LogP contribution in [-0.2, 0) is 26.4 Å². The second-order valence-electron chi connectivity index (χ2n) is 8.92. The first kappa shape index (κ1) is 23.9. The standard InChI is InChI=1S/C32H28O4/c33-17-21-1-9-25(10-2-21)29-30(26-11-3-22(18-34)4-12-26)32(28-15-7-24(20-36)8-16-28)31(29)27-13-5-23(19-35)6-14-27/h1-16,33-36H,17-20H2. The van der Waals surface area contributed by atoms with E-state index in [1.807, 2.05) is 97.1 Å². The molecule has 0 unspecified atom stereocenters. The molecule has 0 aromatic heterocycles. The van der Waals surface area contributed by atoms with Gasteiger partial charge < -0.3 is 20.4 Å². The minimum atomic E-state index is -0.0113. The van der Waals surface area contributed by atoms with Crippen LogP contribution in [0.25, 0.3) is 22.3 Å². The number of allylic oxidation sites excluding steroid dienone is 4. The molecule has 0 aliphatic heterocycles. The largest absolute Gasteiger partial charge is 0.392 e. The zero-order valence-electron chi connectivity index (χ0n) is 19.9. The SMILES string of the molecule is OCc1ccc(C2=C(c3ccc(CO)cc3)C(c3ccc(CO)cc3)=C2c2ccc(CO)cc2)cc1. The van der Waals surface area contributed by atoms with E-state index in [0.29, 0.717) is 0 Å². The minimum absolute atomic E-state index is 0.0113. The van der Waals surface area contributed by atoms with Gasteiger partial charge in [0.2, 0.25) is 0 Å². The fraction of sp³-hybridized carbons (Fsp3) is 0.125. The summed E-state index contributed by atoms with van der Waals surface area (Å²) in [6, 6.07) is 31.8. The van der Waals surface area contributed by atoms with Gasteiger partial charge >= 0.3 is 0 Å². The molecule has 0 spiro atoms. The molecule has 0 atom stereocenters. The maximum atomic E-state index is 9.55. The molecule has 4 N–H and O–H groups in total. The Balaban J connectivity index is 1.74. The average Bonchev–Trinajstić information content (AvgIpc) is 2.94. The number of benzene rings is 4. The Labute approximate surface area is 210 Å². The van der Waals surface area contributed by atoms with Gasteiger partial charge in [-0.3, -0.25) is 0 Å². The van der Waals surface area contributed by atoms with E-state index in [9.17, 15) is 20.4 Å². The first-order valence-electron chi connectivity index (χ1n) is 12.0. The Morgan fingerprint density at radius 1 is 0.278 bits per heavy atom. The van der Waals surface area contributed by atoms with Crippen LogP contribution in [-0.4, -0.2) is 20.4 Å². The van der Waals surface area contributed by atoms with Crippen LogP contribution < -0.4 is 0 Å². The van der Waals surface area contributed by atoms with Crippen molar-refractivity contribution < 1.29 is 20.4 Å². The lowest BCUT2D eigenvalue weighted by molar-refractivity contribution is 0.281. The summed E-state index contributed by atoms with van der Waals surface area (Å²) < 4.78 is 0. The highest BCUT2D eigenvalue weighted by Crippen LogP contribution is 2.56. The summed E-state index contributed by atoms with van der Waals surface area (Å²) in [6.45, 7) is -0.0453. The Morgan fingerprint density at radius 2 is 0.444 bits per heavy atom. The Bertz CT molecular complexity index is 1170. The maximum absolute atomic E-state index is 9.55. The minimum Gasteiger partial charge on any atom is -0.392 e. The average molecular weight is 477 g/mol. The molecule has 0 bridgehead atoms. The van der Waals surface area contributed by atoms with Gasteiger partial charge in [-0.15, -0.1) is 0 Å². The third kappa shape index (κ3) is 4.43. The number of aliphatic hydroxyl groups is 4. The molecule has 180 valence electrons. The van der Waals surface area contributed by atoms with Gasteiger partial charge in [0.1, 0.15) is 0 Å². The van der Waals surface area contributed by atoms with Crippen LogP contribution in [0.4, 0.5) is 0 Å². The molecule has 0 fully saturated rings. The molecule has 0 saturated carbocycles. The molecule has 4 aromatic carbocycles. The van der Waals surface area contributed by atoms with Crippen molar-refractivity contribution in [2.24, 2.45) is 0 Å². The first-order valence-corrected chi connectivity index (χ1v) is 12.0. The predicted molar refractivity (Wildman–Crippen MR) is 143 cm³/mol. The van der Waals surface area contributed by atoms with Gasteiger partial charge in [-0.2, -0.15) is 0 Å². The van der Waals surface area contributed by atoms with Gasteiger partial charge in [-0.25, -0.2) is 0 Å². The van der Waals surface area contributed by atoms with Crippen LogP contribution in [0, 0.1) is 0 Å². The van der Waals surface area contributed by atoms with Crippen molar-refractivity contribution >= 4 is 22.3 Å². The van der Waals surface area contributed by atoms with Crippen LogP contribution in [0.1, 0.15) is 44.5 Å². The molecule has 0 amide bonds. The molecule has 1 aliphatic carbocycles. The van der Waals surface area contributed by atoms with Gasteiger partial charge in [0, 0.05) is 0 Å². The van der Waals surface area contributed by atoms with E-state index in [4.69, 9.17) is 0 Å². The molecule has 4 aromatic rings. The second-order valence-corrected chi connectivity index (χ2v) is 8.92. The Morgan fingerprint density at radius 3 is 0.583 bits per heavy atom. The van der Waals surface area contributed by atoms with Crippen LogP contribution in [0.3, 0.4) is 0 Å². The summed E-state index contributed by atoms with van der Waals surface area (Å²) in [7, 11) is 0. The van der Waals surface area contributed by atoms with Crippen LogP contribution in [0.2, 0.25) is 0 Å². The zero-order valence-corrected chi connectivity index (χ0v) is 19.9. The van der Waals surface area contributed by atoms with Crippen molar-refractivity contribution in [1.82, 2.24) is 0 Å². The third-order valence-corrected chi connectivity index (χ3v) is 6.70. The number of hydrogen-bond acceptors (Lipinski definition) is 4. The van der Waals surface area contributed by atoms with Crippen LogP contribution >= 0.6 is 0 Å². The van der Waals surface area contributed by atoms with Crippen molar-refractivity contribution in [3.63, 3.8) is 0 Å². The highest BCUT2D eigenvalue weighted by atomic mass is 16.3. The van der Waals surface area contributed by atoms with E-state index in [0.717, 1.165) is 66.8 Å². The molecule has 5 rings (SSSR count). The zero-order chi connectivity index (χ0) is 25.1. The molecule has 4 nitrogen and oxygen atoms in total. The number of hydrogen-bond donors (Lipinski definition) is 4. The van der Waals surface area contributed by atoms with E-state index in [1.54, 1.807) is 0 Å². The second kappa shape index (κ2) is 10.4. The summed E-state index contributed by atoms with van der Waals surface area (Å²) in [5.41, 5.74) is 12.0. The van der Waals surface area contributed by atoms with E-state index in [2.05, 4.69) is 0 Å². The van der Waals surface area contributed by atoms with Gasteiger partial charge in [0.05, 0.1) is 26.4 Å². The summed E-state index contributed by atoms with van der Waals surface area (Å²) in [5, 5.41) is 38.2. The lowest BCUT2D eigenvalue weighted by atomic mass is 9.69. The summed E-state index contributed by atoms with van der Waals surface area (Å²) >= 11 is 0. The normalized spacial score (nSPS) is 13.2. The molecule has 36 heavy (non-hydrogen) atoms. The quantitative estimate of drug-likeness (QED) is 0.282. The predicted octanol–water partition coefficient (Wildman–Crippen LogP) is 5.19. The van der Waals surface area contributed by atoms with Gasteiger partial charge in [0.25, 0.3) is 0 Å². The lowest BCUT2D eigenvalue weighted by Gasteiger charge is -2.33. The van der Waals surface area contributed by atoms with Gasteiger partial charge in [-0.1, -0.05) is 97.1 Å². The molecule has 0 heterocycles. The van der Waals surface area contributed by atoms with E-state index >= 15 is 0 Å². The molecule has 0 radical (unpaired) electrons. The monoisotopic (exact) mass is 476 g/mol. The first-order chi connectivity index (χ1) is 17.7. The third-order valence-electron chi connectivity index (χ3n) is 6.70. The van der Waals surface area contributed by atoms with Crippen LogP contribution in [0.15, 0.2) is 97.1 Å². The Hall–Kier alpha value is -3.80. The van der Waals surface area contributed by atoms with Crippen molar-refractivity contribution in [1.29, 1.82) is 0 Å². The molecule has 1 aliphatic rings. The molecule has 0 saturated heterocycles. The Kier molecular flexibility index (Phi) is 6.94. The molecular formula is C32H28O4. The molecular weight excluding hydrogens is 448 g/mol. The topological polar surface area (TPSA) is 80.9 Å². The summed E-state index contributed by atoms with van der Waals surface area (Å²) in [4.78, 5) is 0. The van der Waals surface area contributed by atoms with Crippen molar-refractivity contribution in [2.45, 2.75) is 26.4 Å². The van der Waals surface area contributed by atoms with E-state index in [1.165, 1.54) is 0 Å². The number of aliphatic hydroxyl groups excluding tert-OH is 4. The highest BCUT2D eigenvalue weighted by Gasteiger charge is 2.33. The van der Waals surface area contributed by atoms with E-state index in [-0.39, 0.29) is 26.4 Å². The fourth-order valence-corrected chi connectivity index (χ4v) is 4.70. The smallest absolute Gasteiger partial charge is 0.0681 e. The van der Waals surface area contributed by atoms with Crippen LogP contribution in [0.5, 0.6) is 0 Å². The number of rotatable bonds is 8. The summed E-state index contributed by atoms with van der Waals surface area (Å²) in [5.74, 6) is 0. The van der Waals surface area contributed by atoms with E-state index < -0.39 is 0 Å². The summed E-state index contributed by atoms with van der Waals surface area (Å²) in [6.07, 6.45) is 0. The van der Waals surface area contributed by atoms with Crippen molar-refractivity contribution in [3.8, 4) is 0 Å². The van der Waals surface area contributed by atoms with Gasteiger partial charge in [-0.05, 0) is 66.8 Å². The van der Waals surface area contributed by atoms with Gasteiger partial charge in [0.15, 0.2) is 0 Å². The van der Waals surface area contributed by atoms with Crippen molar-refractivity contribution in [2.75, 3.05) is 0 Å². The lowest BCUT2D eigenvalue weighted by Crippen LogP contribution is -2.11. The van der Waals surface area contributed by atoms with Crippen molar-refractivity contribution in [3.05, 3.63) is 142 Å². The fourth-order valence-electron chi connectivity index (χ4n) is 4.70. The highest BCUT2D eigenvalue weighted by molar-refractivity contribution is 6.43.